The minimum atomic E-state index is -0.420. The number of aliphatic hydroxyl groups is 1. The van der Waals surface area contributed by atoms with Crippen LogP contribution in [0.2, 0.25) is 0 Å². The lowest BCUT2D eigenvalue weighted by Crippen LogP contribution is -2.30. The fraction of sp³-hybridized carbons (Fsp3) is 0.741. The van der Waals surface area contributed by atoms with Crippen LogP contribution in [-0.2, 0) is 20.6 Å². The predicted octanol–water partition coefficient (Wildman–Crippen LogP) is 6.51. The van der Waals surface area contributed by atoms with Gasteiger partial charge in [0.1, 0.15) is 4.88 Å². The predicted molar refractivity (Wildman–Crippen MR) is 138 cm³/mol. The summed E-state index contributed by atoms with van der Waals surface area (Å²) in [5, 5.41) is 10.5. The molecule has 1 aliphatic carbocycles. The Morgan fingerprint density at radius 3 is 2.91 bits per heavy atom. The molecule has 0 aromatic carbocycles. The van der Waals surface area contributed by atoms with E-state index >= 15 is 0 Å². The number of halogens is 1. The van der Waals surface area contributed by atoms with Crippen molar-refractivity contribution in [2.75, 3.05) is 13.7 Å². The van der Waals surface area contributed by atoms with Crippen molar-refractivity contribution in [3.8, 4) is 0 Å². The number of carbonyl (C=O) groups is 1. The largest absolute Gasteiger partial charge is 0.465 e. The van der Waals surface area contributed by atoms with Crippen molar-refractivity contribution in [3.63, 3.8) is 0 Å². The van der Waals surface area contributed by atoms with Crippen LogP contribution in [0.15, 0.2) is 24.3 Å². The molecule has 0 radical (unpaired) electrons. The van der Waals surface area contributed by atoms with E-state index in [0.717, 1.165) is 77.2 Å². The van der Waals surface area contributed by atoms with Gasteiger partial charge in [0.2, 0.25) is 0 Å². The number of hydrogen-bond acceptors (Lipinski definition) is 6. The third kappa shape index (κ3) is 8.34. The fourth-order valence-corrected chi connectivity index (χ4v) is 6.50. The first-order valence-corrected chi connectivity index (χ1v) is 14.2. The van der Waals surface area contributed by atoms with Gasteiger partial charge in [0, 0.05) is 22.8 Å². The lowest BCUT2D eigenvalue weighted by molar-refractivity contribution is -0.192. The fourth-order valence-electron chi connectivity index (χ4n) is 5.06. The summed E-state index contributed by atoms with van der Waals surface area (Å²) in [7, 11) is 1.41. The number of hydrogen-bond donors (Lipinski definition) is 1. The van der Waals surface area contributed by atoms with E-state index in [-0.39, 0.29) is 35.6 Å². The molecule has 3 rings (SSSR count). The van der Waals surface area contributed by atoms with Crippen LogP contribution in [0, 0.1) is 11.8 Å². The average molecular weight is 513 g/mol. The summed E-state index contributed by atoms with van der Waals surface area (Å²) in [6, 6.07) is 3.85. The first kappa shape index (κ1) is 27.7. The van der Waals surface area contributed by atoms with E-state index in [1.165, 1.54) is 23.3 Å². The molecule has 6 atom stereocenters. The van der Waals surface area contributed by atoms with Crippen LogP contribution in [0.1, 0.15) is 85.7 Å². The Bertz CT molecular complexity index is 760. The molecule has 1 aliphatic heterocycles. The van der Waals surface area contributed by atoms with Crippen molar-refractivity contribution in [1.82, 2.24) is 0 Å². The van der Waals surface area contributed by atoms with E-state index in [4.69, 9.17) is 25.8 Å². The minimum Gasteiger partial charge on any atom is -0.465 e. The highest BCUT2D eigenvalue weighted by atomic mass is 35.5. The molecule has 0 bridgehead atoms. The molecular formula is C27H41ClO5S. The monoisotopic (exact) mass is 512 g/mol. The van der Waals surface area contributed by atoms with E-state index in [2.05, 4.69) is 13.0 Å². The van der Waals surface area contributed by atoms with Crippen LogP contribution in [0.5, 0.6) is 0 Å². The van der Waals surface area contributed by atoms with Gasteiger partial charge < -0.3 is 19.3 Å². The third-order valence-electron chi connectivity index (χ3n) is 6.98. The molecule has 2 unspecified atom stereocenters. The van der Waals surface area contributed by atoms with Gasteiger partial charge in [-0.3, -0.25) is 0 Å². The SMILES string of the molecule is CCCCCC(O)C=C[C@H]1[C@@H](CCCc2ccc(C(=O)OC)s2)[C@@H](Cl)C[C@H]1OC1CCCCO1. The summed E-state index contributed by atoms with van der Waals surface area (Å²) < 4.78 is 17.1. The number of ether oxygens (including phenoxy) is 3. The van der Waals surface area contributed by atoms with E-state index in [9.17, 15) is 9.90 Å². The Hall–Kier alpha value is -0.920. The number of unbranched alkanes of at least 4 members (excludes halogenated alkanes) is 2. The number of rotatable bonds is 13. The minimum absolute atomic E-state index is 0.0161. The summed E-state index contributed by atoms with van der Waals surface area (Å²) in [5.74, 6) is 0.178. The van der Waals surface area contributed by atoms with Gasteiger partial charge in [-0.25, -0.2) is 4.79 Å². The maximum absolute atomic E-state index is 11.7. The number of esters is 1. The van der Waals surface area contributed by atoms with Crippen molar-refractivity contribution in [2.24, 2.45) is 11.8 Å². The Morgan fingerprint density at radius 2 is 2.18 bits per heavy atom. The van der Waals surface area contributed by atoms with Crippen molar-refractivity contribution >= 4 is 28.9 Å². The van der Waals surface area contributed by atoms with E-state index in [0.29, 0.717) is 4.88 Å². The molecule has 1 saturated carbocycles. The molecular weight excluding hydrogens is 472 g/mol. The number of carbonyl (C=O) groups excluding carboxylic acids is 1. The number of thiophene rings is 1. The molecule has 1 N–H and O–H groups in total. The van der Waals surface area contributed by atoms with Gasteiger partial charge in [-0.15, -0.1) is 22.9 Å². The zero-order valence-electron chi connectivity index (χ0n) is 20.6. The van der Waals surface area contributed by atoms with Crippen LogP contribution in [-0.4, -0.2) is 48.7 Å². The molecule has 1 aromatic heterocycles. The lowest BCUT2D eigenvalue weighted by atomic mass is 9.88. The number of aliphatic hydroxyl groups excluding tert-OH is 1. The van der Waals surface area contributed by atoms with E-state index in [1.807, 2.05) is 18.2 Å². The quantitative estimate of drug-likeness (QED) is 0.141. The molecule has 2 fully saturated rings. The van der Waals surface area contributed by atoms with Crippen LogP contribution in [0.25, 0.3) is 0 Å². The second kappa shape index (κ2) is 14.6. The van der Waals surface area contributed by atoms with Gasteiger partial charge in [0.15, 0.2) is 6.29 Å². The van der Waals surface area contributed by atoms with Crippen molar-refractivity contribution in [1.29, 1.82) is 0 Å². The molecule has 1 aromatic rings. The Morgan fingerprint density at radius 1 is 1.32 bits per heavy atom. The smallest absolute Gasteiger partial charge is 0.348 e. The van der Waals surface area contributed by atoms with E-state index in [1.54, 1.807) is 0 Å². The van der Waals surface area contributed by atoms with Gasteiger partial charge in [-0.1, -0.05) is 38.3 Å². The average Bonchev–Trinajstić information content (AvgIpc) is 3.42. The Labute approximate surface area is 213 Å². The summed E-state index contributed by atoms with van der Waals surface area (Å²) in [6.07, 6.45) is 14.6. The molecule has 34 heavy (non-hydrogen) atoms. The Balaban J connectivity index is 1.60. The van der Waals surface area contributed by atoms with Crippen LogP contribution < -0.4 is 0 Å². The first-order chi connectivity index (χ1) is 16.5. The molecule has 0 spiro atoms. The van der Waals surface area contributed by atoms with Gasteiger partial charge >= 0.3 is 5.97 Å². The summed E-state index contributed by atoms with van der Waals surface area (Å²) >= 11 is 8.37. The second-order valence-corrected chi connectivity index (χ2v) is 11.3. The lowest BCUT2D eigenvalue weighted by Gasteiger charge is -2.29. The van der Waals surface area contributed by atoms with Gasteiger partial charge in [-0.05, 0) is 69.4 Å². The van der Waals surface area contributed by atoms with Crippen LogP contribution in [0.4, 0.5) is 0 Å². The van der Waals surface area contributed by atoms with Crippen LogP contribution in [0.3, 0.4) is 0 Å². The van der Waals surface area contributed by atoms with Crippen molar-refractivity contribution in [2.45, 2.75) is 101 Å². The number of alkyl halides is 1. The highest BCUT2D eigenvalue weighted by Gasteiger charge is 2.42. The zero-order valence-corrected chi connectivity index (χ0v) is 22.2. The normalized spacial score (nSPS) is 28.4. The maximum atomic E-state index is 11.7. The van der Waals surface area contributed by atoms with Crippen molar-refractivity contribution in [3.05, 3.63) is 34.0 Å². The summed E-state index contributed by atoms with van der Waals surface area (Å²) in [6.45, 7) is 2.93. The molecule has 192 valence electrons. The molecule has 7 heteroatoms. The Kier molecular flexibility index (Phi) is 11.9. The highest BCUT2D eigenvalue weighted by molar-refractivity contribution is 7.13. The van der Waals surface area contributed by atoms with E-state index < -0.39 is 6.10 Å². The molecule has 5 nitrogen and oxygen atoms in total. The summed E-state index contributed by atoms with van der Waals surface area (Å²) in [4.78, 5) is 13.6. The summed E-state index contributed by atoms with van der Waals surface area (Å²) in [5.41, 5.74) is 0. The van der Waals surface area contributed by atoms with Crippen LogP contribution >= 0.6 is 22.9 Å². The zero-order chi connectivity index (χ0) is 24.3. The topological polar surface area (TPSA) is 65.0 Å². The standard InChI is InChI=1S/C27H41ClO5S/c1-3-4-5-9-19(29)13-15-22-21(11-8-10-20-14-16-25(34-20)27(30)31-2)23(28)18-24(22)33-26-12-6-7-17-32-26/h13-16,19,21-24,26,29H,3-12,17-18H2,1-2H3/t19?,21-,22+,23+,24-,26?/m1/s1. The third-order valence-corrected chi connectivity index (χ3v) is 8.60. The first-order valence-electron chi connectivity index (χ1n) is 13.0. The van der Waals surface area contributed by atoms with Gasteiger partial charge in [-0.2, -0.15) is 0 Å². The molecule has 2 heterocycles. The van der Waals surface area contributed by atoms with Gasteiger partial charge in [0.25, 0.3) is 0 Å². The van der Waals surface area contributed by atoms with Crippen molar-refractivity contribution < 1.29 is 24.1 Å². The second-order valence-electron chi connectivity index (χ2n) is 9.56. The highest BCUT2D eigenvalue weighted by Crippen LogP contribution is 2.43. The maximum Gasteiger partial charge on any atom is 0.348 e. The number of aryl methyl sites for hydroxylation is 1. The van der Waals surface area contributed by atoms with Gasteiger partial charge in [0.05, 0.1) is 19.3 Å². The molecule has 0 amide bonds. The number of methoxy groups -OCH3 is 1. The molecule has 2 aliphatic rings. The molecule has 1 saturated heterocycles.